The van der Waals surface area contributed by atoms with Gasteiger partial charge in [-0.2, -0.15) is 8.78 Å². The van der Waals surface area contributed by atoms with Crippen LogP contribution in [0.1, 0.15) is 9.67 Å². The van der Waals surface area contributed by atoms with Crippen LogP contribution in [0, 0.1) is 0 Å². The van der Waals surface area contributed by atoms with Gasteiger partial charge in [-0.25, -0.2) is 4.98 Å². The third-order valence-electron chi connectivity index (χ3n) is 3.00. The molecule has 0 saturated carbocycles. The third-order valence-corrected chi connectivity index (χ3v) is 4.88. The highest BCUT2D eigenvalue weighted by Crippen LogP contribution is 2.37. The summed E-state index contributed by atoms with van der Waals surface area (Å²) in [6.07, 6.45) is 1.40. The van der Waals surface area contributed by atoms with Gasteiger partial charge in [0.2, 0.25) is 0 Å². The van der Waals surface area contributed by atoms with Crippen LogP contribution in [0.15, 0.2) is 36.5 Å². The van der Waals surface area contributed by atoms with Crippen LogP contribution in [-0.4, -0.2) is 17.5 Å². The molecule has 1 amide bonds. The lowest BCUT2D eigenvalue weighted by atomic mass is 10.2. The number of pyridine rings is 1. The smallest absolute Gasteiger partial charge is 0.387 e. The quantitative estimate of drug-likeness (QED) is 0.645. The Morgan fingerprint density at radius 2 is 2.04 bits per heavy atom. The van der Waals surface area contributed by atoms with E-state index >= 15 is 0 Å². The molecule has 0 atom stereocenters. The molecule has 0 saturated heterocycles. The monoisotopic (exact) mass is 388 g/mol. The van der Waals surface area contributed by atoms with Crippen molar-refractivity contribution in [2.45, 2.75) is 6.61 Å². The van der Waals surface area contributed by atoms with Gasteiger partial charge in [-0.15, -0.1) is 11.3 Å². The summed E-state index contributed by atoms with van der Waals surface area (Å²) in [5.74, 6) is -0.131. The second-order valence-corrected chi connectivity index (χ2v) is 6.46. The van der Waals surface area contributed by atoms with Crippen molar-refractivity contribution in [1.82, 2.24) is 4.98 Å². The topological polar surface area (TPSA) is 51.2 Å². The fourth-order valence-electron chi connectivity index (χ4n) is 1.99. The number of hydrogen-bond acceptors (Lipinski definition) is 4. The van der Waals surface area contributed by atoms with E-state index in [1.807, 2.05) is 0 Å². The lowest BCUT2D eigenvalue weighted by Gasteiger charge is -2.03. The predicted octanol–water partition coefficient (Wildman–Crippen LogP) is 5.46. The zero-order valence-electron chi connectivity index (χ0n) is 11.7. The molecule has 1 N–H and O–H groups in total. The Balaban J connectivity index is 1.89. The van der Waals surface area contributed by atoms with Gasteiger partial charge in [-0.1, -0.05) is 23.2 Å². The summed E-state index contributed by atoms with van der Waals surface area (Å²) >= 11 is 13.0. The van der Waals surface area contributed by atoms with Crippen LogP contribution in [0.25, 0.3) is 10.1 Å². The minimum Gasteiger partial charge on any atom is -0.435 e. The number of fused-ring (bicyclic) bond motifs is 1. The minimum atomic E-state index is -2.92. The SMILES string of the molecule is O=C(Nc1ccc(Cl)cn1)c1sc2cc(OC(F)F)ccc2c1Cl. The van der Waals surface area contributed by atoms with Gasteiger partial charge in [0.25, 0.3) is 5.91 Å². The number of ether oxygens (including phenoxy) is 1. The number of aromatic nitrogens is 1. The molecule has 3 aromatic rings. The first-order valence-electron chi connectivity index (χ1n) is 6.54. The molecule has 3 rings (SSSR count). The van der Waals surface area contributed by atoms with E-state index in [2.05, 4.69) is 15.0 Å². The lowest BCUT2D eigenvalue weighted by molar-refractivity contribution is -0.0497. The maximum atomic E-state index is 12.3. The Morgan fingerprint density at radius 3 is 2.71 bits per heavy atom. The highest BCUT2D eigenvalue weighted by atomic mass is 35.5. The summed E-state index contributed by atoms with van der Waals surface area (Å²) in [6.45, 7) is -2.92. The maximum absolute atomic E-state index is 12.3. The standard InChI is InChI=1S/C15H8Cl2F2N2O2S/c16-7-1-4-11(20-6-7)21-14(22)13-12(17)9-3-2-8(23-15(18)19)5-10(9)24-13/h1-6,15H,(H,20,21,22). The Morgan fingerprint density at radius 1 is 1.25 bits per heavy atom. The van der Waals surface area contributed by atoms with E-state index in [1.54, 1.807) is 12.1 Å². The molecule has 0 spiro atoms. The number of amides is 1. The molecule has 0 fully saturated rings. The van der Waals surface area contributed by atoms with Crippen molar-refractivity contribution in [3.63, 3.8) is 0 Å². The number of carbonyl (C=O) groups is 1. The van der Waals surface area contributed by atoms with E-state index in [1.165, 1.54) is 24.4 Å². The average Bonchev–Trinajstić information content (AvgIpc) is 2.85. The van der Waals surface area contributed by atoms with Crippen LogP contribution in [-0.2, 0) is 0 Å². The largest absolute Gasteiger partial charge is 0.435 e. The van der Waals surface area contributed by atoms with Crippen molar-refractivity contribution in [2.24, 2.45) is 0 Å². The number of halogens is 4. The van der Waals surface area contributed by atoms with Crippen LogP contribution in [0.5, 0.6) is 5.75 Å². The molecule has 1 aromatic carbocycles. The Labute approximate surface area is 149 Å². The maximum Gasteiger partial charge on any atom is 0.387 e. The normalized spacial score (nSPS) is 11.0. The molecule has 9 heteroatoms. The van der Waals surface area contributed by atoms with Gasteiger partial charge in [0.1, 0.15) is 16.4 Å². The third kappa shape index (κ3) is 3.58. The second kappa shape index (κ2) is 6.88. The number of alkyl halides is 2. The summed E-state index contributed by atoms with van der Waals surface area (Å²) in [5.41, 5.74) is 0. The van der Waals surface area contributed by atoms with Crippen molar-refractivity contribution in [3.05, 3.63) is 51.5 Å². The van der Waals surface area contributed by atoms with Crippen molar-refractivity contribution < 1.29 is 18.3 Å². The molecular formula is C15H8Cl2F2N2O2S. The number of hydrogen-bond donors (Lipinski definition) is 1. The highest BCUT2D eigenvalue weighted by molar-refractivity contribution is 7.21. The Bertz CT molecular complexity index is 900. The summed E-state index contributed by atoms with van der Waals surface area (Å²) in [6, 6.07) is 7.45. The van der Waals surface area contributed by atoms with E-state index < -0.39 is 12.5 Å². The van der Waals surface area contributed by atoms with Crippen molar-refractivity contribution >= 4 is 56.3 Å². The van der Waals surface area contributed by atoms with Crippen LogP contribution in [0.3, 0.4) is 0 Å². The van der Waals surface area contributed by atoms with E-state index in [0.717, 1.165) is 11.3 Å². The molecule has 24 heavy (non-hydrogen) atoms. The molecule has 2 heterocycles. The van der Waals surface area contributed by atoms with Gasteiger partial charge in [-0.3, -0.25) is 4.79 Å². The summed E-state index contributed by atoms with van der Waals surface area (Å²) in [5, 5.41) is 3.87. The van der Waals surface area contributed by atoms with E-state index in [0.29, 0.717) is 20.9 Å². The van der Waals surface area contributed by atoms with Crippen LogP contribution in [0.4, 0.5) is 14.6 Å². The Kier molecular flexibility index (Phi) is 4.84. The number of nitrogens with zero attached hydrogens (tertiary/aromatic N) is 1. The minimum absolute atomic E-state index is 0.00161. The lowest BCUT2D eigenvalue weighted by Crippen LogP contribution is -2.11. The molecule has 4 nitrogen and oxygen atoms in total. The average molecular weight is 389 g/mol. The second-order valence-electron chi connectivity index (χ2n) is 4.60. The van der Waals surface area contributed by atoms with Crippen LogP contribution < -0.4 is 10.1 Å². The fraction of sp³-hybridized carbons (Fsp3) is 0.0667. The molecule has 0 unspecified atom stereocenters. The van der Waals surface area contributed by atoms with Crippen molar-refractivity contribution in [2.75, 3.05) is 5.32 Å². The van der Waals surface area contributed by atoms with E-state index in [-0.39, 0.29) is 15.6 Å². The number of anilines is 1. The van der Waals surface area contributed by atoms with Gasteiger partial charge in [-0.05, 0) is 30.3 Å². The predicted molar refractivity (Wildman–Crippen MR) is 90.7 cm³/mol. The van der Waals surface area contributed by atoms with E-state index in [9.17, 15) is 13.6 Å². The molecule has 0 aliphatic carbocycles. The van der Waals surface area contributed by atoms with Gasteiger partial charge in [0.05, 0.1) is 10.0 Å². The van der Waals surface area contributed by atoms with Crippen molar-refractivity contribution in [1.29, 1.82) is 0 Å². The number of nitrogens with one attached hydrogen (secondary N) is 1. The fourth-order valence-corrected chi connectivity index (χ4v) is 3.54. The molecule has 2 aromatic heterocycles. The van der Waals surface area contributed by atoms with Gasteiger partial charge in [0.15, 0.2) is 0 Å². The molecule has 0 aliphatic rings. The van der Waals surface area contributed by atoms with E-state index in [4.69, 9.17) is 23.2 Å². The first-order chi connectivity index (χ1) is 11.4. The first kappa shape index (κ1) is 16.9. The molecule has 124 valence electrons. The zero-order chi connectivity index (χ0) is 17.3. The number of thiophene rings is 1. The van der Waals surface area contributed by atoms with Gasteiger partial charge < -0.3 is 10.1 Å². The highest BCUT2D eigenvalue weighted by Gasteiger charge is 2.18. The summed E-state index contributed by atoms with van der Waals surface area (Å²) in [7, 11) is 0. The summed E-state index contributed by atoms with van der Waals surface area (Å²) < 4.78 is 29.5. The molecule has 0 aliphatic heterocycles. The van der Waals surface area contributed by atoms with Gasteiger partial charge >= 0.3 is 6.61 Å². The van der Waals surface area contributed by atoms with Crippen molar-refractivity contribution in [3.8, 4) is 5.75 Å². The first-order valence-corrected chi connectivity index (χ1v) is 8.11. The number of carbonyl (C=O) groups excluding carboxylic acids is 1. The van der Waals surface area contributed by atoms with Gasteiger partial charge in [0, 0.05) is 16.3 Å². The van der Waals surface area contributed by atoms with Crippen LogP contribution in [0.2, 0.25) is 10.0 Å². The summed E-state index contributed by atoms with van der Waals surface area (Å²) in [4.78, 5) is 16.6. The van der Waals surface area contributed by atoms with Crippen LogP contribution >= 0.6 is 34.5 Å². The zero-order valence-corrected chi connectivity index (χ0v) is 14.1. The number of benzene rings is 1. The molecule has 0 radical (unpaired) electrons. The molecular weight excluding hydrogens is 381 g/mol. The number of rotatable bonds is 4. The molecule has 0 bridgehead atoms. The Hall–Kier alpha value is -1.96.